The minimum Gasteiger partial charge on any atom is -0.494 e. The van der Waals surface area contributed by atoms with Gasteiger partial charge in [-0.3, -0.25) is 5.10 Å². The van der Waals surface area contributed by atoms with Crippen LogP contribution in [0.15, 0.2) is 36.7 Å². The van der Waals surface area contributed by atoms with Crippen molar-refractivity contribution in [1.29, 1.82) is 0 Å². The van der Waals surface area contributed by atoms with Crippen LogP contribution < -0.4 is 4.74 Å². The van der Waals surface area contributed by atoms with Crippen molar-refractivity contribution in [2.45, 2.75) is 13.0 Å². The maximum atomic E-state index is 10.0. The fraction of sp³-hybridized carbons (Fsp3) is 0.250. The van der Waals surface area contributed by atoms with Gasteiger partial charge in [0.05, 0.1) is 12.8 Å². The quantitative estimate of drug-likeness (QED) is 0.823. The lowest BCUT2D eigenvalue weighted by Crippen LogP contribution is -1.98. The Kier molecular flexibility index (Phi) is 3.22. The summed E-state index contributed by atoms with van der Waals surface area (Å²) in [6.07, 6.45) is 2.65. The lowest BCUT2D eigenvalue weighted by molar-refractivity contribution is 0.220. The SMILES string of the molecule is CCOc1ccc(C(O)c2cn[nH]c2)cc1. The molecule has 0 saturated heterocycles. The minimum atomic E-state index is -0.644. The Labute approximate surface area is 93.9 Å². The molecule has 1 unspecified atom stereocenters. The molecule has 2 rings (SSSR count). The van der Waals surface area contributed by atoms with E-state index >= 15 is 0 Å². The molecule has 0 radical (unpaired) electrons. The molecule has 0 fully saturated rings. The highest BCUT2D eigenvalue weighted by molar-refractivity contribution is 5.32. The number of nitrogens with one attached hydrogen (secondary N) is 1. The largest absolute Gasteiger partial charge is 0.494 e. The lowest BCUT2D eigenvalue weighted by Gasteiger charge is -2.09. The predicted octanol–water partition coefficient (Wildman–Crippen LogP) is 1.89. The number of aliphatic hydroxyl groups excluding tert-OH is 1. The number of benzene rings is 1. The molecule has 2 N–H and O–H groups in total. The van der Waals surface area contributed by atoms with E-state index in [1.807, 2.05) is 31.2 Å². The van der Waals surface area contributed by atoms with Gasteiger partial charge in [-0.2, -0.15) is 5.10 Å². The average molecular weight is 218 g/mol. The molecule has 0 amide bonds. The van der Waals surface area contributed by atoms with E-state index in [-0.39, 0.29) is 0 Å². The molecule has 0 aliphatic heterocycles. The Bertz CT molecular complexity index is 423. The van der Waals surface area contributed by atoms with Crippen molar-refractivity contribution in [2.24, 2.45) is 0 Å². The van der Waals surface area contributed by atoms with E-state index in [4.69, 9.17) is 4.74 Å². The first-order valence-corrected chi connectivity index (χ1v) is 5.20. The molecule has 4 nitrogen and oxygen atoms in total. The molecule has 1 heterocycles. The molecule has 0 aliphatic rings. The van der Waals surface area contributed by atoms with Crippen molar-refractivity contribution in [3.05, 3.63) is 47.8 Å². The Morgan fingerprint density at radius 2 is 2.06 bits per heavy atom. The maximum absolute atomic E-state index is 10.0. The molecular weight excluding hydrogens is 204 g/mol. The smallest absolute Gasteiger partial charge is 0.119 e. The number of ether oxygens (including phenoxy) is 1. The van der Waals surface area contributed by atoms with E-state index in [1.54, 1.807) is 12.4 Å². The highest BCUT2D eigenvalue weighted by Gasteiger charge is 2.10. The van der Waals surface area contributed by atoms with Crippen molar-refractivity contribution in [2.75, 3.05) is 6.61 Å². The zero-order chi connectivity index (χ0) is 11.4. The molecule has 0 bridgehead atoms. The monoisotopic (exact) mass is 218 g/mol. The van der Waals surface area contributed by atoms with Crippen molar-refractivity contribution >= 4 is 0 Å². The molecular formula is C12H14N2O2. The van der Waals surface area contributed by atoms with Gasteiger partial charge < -0.3 is 9.84 Å². The summed E-state index contributed by atoms with van der Waals surface area (Å²) in [5.74, 6) is 0.811. The van der Waals surface area contributed by atoms with Crippen molar-refractivity contribution in [1.82, 2.24) is 10.2 Å². The fourth-order valence-electron chi connectivity index (χ4n) is 1.52. The molecule has 4 heteroatoms. The number of hydrogen-bond acceptors (Lipinski definition) is 3. The van der Waals surface area contributed by atoms with Gasteiger partial charge >= 0.3 is 0 Å². The van der Waals surface area contributed by atoms with Crippen LogP contribution in [0.1, 0.15) is 24.2 Å². The topological polar surface area (TPSA) is 58.1 Å². The number of H-pyrrole nitrogens is 1. The first kappa shape index (κ1) is 10.7. The van der Waals surface area contributed by atoms with Crippen LogP contribution in [0.2, 0.25) is 0 Å². The van der Waals surface area contributed by atoms with Crippen molar-refractivity contribution in [3.63, 3.8) is 0 Å². The molecule has 0 spiro atoms. The number of nitrogens with zero attached hydrogens (tertiary/aromatic N) is 1. The molecule has 16 heavy (non-hydrogen) atoms. The third-order valence-electron chi connectivity index (χ3n) is 2.34. The summed E-state index contributed by atoms with van der Waals surface area (Å²) < 4.78 is 5.33. The Hall–Kier alpha value is -1.81. The summed E-state index contributed by atoms with van der Waals surface area (Å²) in [7, 11) is 0. The van der Waals surface area contributed by atoms with Crippen LogP contribution in [-0.4, -0.2) is 21.9 Å². The standard InChI is InChI=1S/C12H14N2O2/c1-2-16-11-5-3-9(4-6-11)12(15)10-7-13-14-8-10/h3-8,12,15H,2H2,1H3,(H,13,14). The highest BCUT2D eigenvalue weighted by atomic mass is 16.5. The zero-order valence-electron chi connectivity index (χ0n) is 9.05. The third-order valence-corrected chi connectivity index (χ3v) is 2.34. The molecule has 1 aromatic heterocycles. The summed E-state index contributed by atoms with van der Waals surface area (Å²) in [4.78, 5) is 0. The van der Waals surface area contributed by atoms with E-state index in [0.29, 0.717) is 6.61 Å². The Morgan fingerprint density at radius 3 is 2.62 bits per heavy atom. The van der Waals surface area contributed by atoms with Gasteiger partial charge in [-0.1, -0.05) is 12.1 Å². The van der Waals surface area contributed by atoms with E-state index < -0.39 is 6.10 Å². The molecule has 0 saturated carbocycles. The van der Waals surface area contributed by atoms with Crippen LogP contribution in [0.25, 0.3) is 0 Å². The van der Waals surface area contributed by atoms with Gasteiger partial charge in [-0.15, -0.1) is 0 Å². The van der Waals surface area contributed by atoms with Gasteiger partial charge in [0.15, 0.2) is 0 Å². The lowest BCUT2D eigenvalue weighted by atomic mass is 10.0. The summed E-state index contributed by atoms with van der Waals surface area (Å²) in [5, 5.41) is 16.5. The minimum absolute atomic E-state index is 0.642. The van der Waals surface area contributed by atoms with Crippen LogP contribution in [0, 0.1) is 0 Å². The van der Waals surface area contributed by atoms with E-state index in [2.05, 4.69) is 10.2 Å². The van der Waals surface area contributed by atoms with E-state index in [9.17, 15) is 5.11 Å². The predicted molar refractivity (Wildman–Crippen MR) is 60.3 cm³/mol. The third kappa shape index (κ3) is 2.23. The summed E-state index contributed by atoms with van der Waals surface area (Å²) >= 11 is 0. The van der Waals surface area contributed by atoms with Crippen LogP contribution in [-0.2, 0) is 0 Å². The van der Waals surface area contributed by atoms with Crippen LogP contribution >= 0.6 is 0 Å². The van der Waals surface area contributed by atoms with Crippen LogP contribution in [0.5, 0.6) is 5.75 Å². The first-order chi connectivity index (χ1) is 7.81. The van der Waals surface area contributed by atoms with Gasteiger partial charge in [-0.25, -0.2) is 0 Å². The number of rotatable bonds is 4. The van der Waals surface area contributed by atoms with Crippen molar-refractivity contribution in [3.8, 4) is 5.75 Å². The fourth-order valence-corrected chi connectivity index (χ4v) is 1.52. The van der Waals surface area contributed by atoms with Gasteiger partial charge in [0.2, 0.25) is 0 Å². The average Bonchev–Trinajstić information content (AvgIpc) is 2.83. The molecule has 2 aromatic rings. The van der Waals surface area contributed by atoms with Crippen molar-refractivity contribution < 1.29 is 9.84 Å². The molecule has 0 aliphatic carbocycles. The van der Waals surface area contributed by atoms with E-state index in [1.165, 1.54) is 0 Å². The second kappa shape index (κ2) is 4.81. The maximum Gasteiger partial charge on any atom is 0.119 e. The number of hydrogen-bond donors (Lipinski definition) is 2. The highest BCUT2D eigenvalue weighted by Crippen LogP contribution is 2.22. The van der Waals surface area contributed by atoms with Gasteiger partial charge in [0.1, 0.15) is 11.9 Å². The van der Waals surface area contributed by atoms with Gasteiger partial charge in [0.25, 0.3) is 0 Å². The first-order valence-electron chi connectivity index (χ1n) is 5.20. The zero-order valence-corrected chi connectivity index (χ0v) is 9.05. The van der Waals surface area contributed by atoms with Crippen LogP contribution in [0.3, 0.4) is 0 Å². The van der Waals surface area contributed by atoms with Crippen LogP contribution in [0.4, 0.5) is 0 Å². The van der Waals surface area contributed by atoms with Gasteiger partial charge in [0, 0.05) is 11.8 Å². The molecule has 1 atom stereocenters. The molecule has 1 aromatic carbocycles. The second-order valence-electron chi connectivity index (χ2n) is 3.44. The number of aromatic nitrogens is 2. The Morgan fingerprint density at radius 1 is 1.31 bits per heavy atom. The number of aromatic amines is 1. The summed E-state index contributed by atoms with van der Waals surface area (Å²) in [6, 6.07) is 7.40. The van der Waals surface area contributed by atoms with E-state index in [0.717, 1.165) is 16.9 Å². The van der Waals surface area contributed by atoms with Gasteiger partial charge in [-0.05, 0) is 24.6 Å². The normalized spacial score (nSPS) is 12.4. The number of aliphatic hydroxyl groups is 1. The summed E-state index contributed by atoms with van der Waals surface area (Å²) in [6.45, 7) is 2.58. The molecule has 84 valence electrons. The summed E-state index contributed by atoms with van der Waals surface area (Å²) in [5.41, 5.74) is 1.58. The Balaban J connectivity index is 2.15. The second-order valence-corrected chi connectivity index (χ2v) is 3.44.